The zero-order valence-electron chi connectivity index (χ0n) is 14.7. The number of nitrogens with zero attached hydrogens (tertiary/aromatic N) is 3. The van der Waals surface area contributed by atoms with E-state index < -0.39 is 10.0 Å². The zero-order valence-corrected chi connectivity index (χ0v) is 17.1. The summed E-state index contributed by atoms with van der Waals surface area (Å²) in [6.07, 6.45) is 4.05. The van der Waals surface area contributed by atoms with Crippen LogP contribution in [0.15, 0.2) is 75.9 Å². The number of fused-ring (bicyclic) bond motifs is 1. The van der Waals surface area contributed by atoms with Gasteiger partial charge in [-0.1, -0.05) is 23.7 Å². The predicted octanol–water partition coefficient (Wildman–Crippen LogP) is 3.16. The molecule has 0 fully saturated rings. The molecule has 0 bridgehead atoms. The van der Waals surface area contributed by atoms with Gasteiger partial charge < -0.3 is 4.98 Å². The Labute approximate surface area is 175 Å². The van der Waals surface area contributed by atoms with E-state index in [4.69, 9.17) is 11.6 Å². The summed E-state index contributed by atoms with van der Waals surface area (Å²) in [6, 6.07) is 11.8. The van der Waals surface area contributed by atoms with Crippen molar-refractivity contribution in [1.29, 1.82) is 0 Å². The fourth-order valence-corrected chi connectivity index (χ4v) is 4.73. The van der Waals surface area contributed by atoms with Crippen LogP contribution in [0, 0.1) is 0 Å². The Hall–Kier alpha value is -2.82. The maximum atomic E-state index is 12.4. The first-order chi connectivity index (χ1) is 13.9. The molecule has 3 aromatic heterocycles. The number of nitrogens with one attached hydrogen (secondary N) is 2. The van der Waals surface area contributed by atoms with Crippen LogP contribution in [-0.2, 0) is 15.8 Å². The van der Waals surface area contributed by atoms with Crippen LogP contribution in [0.5, 0.6) is 0 Å². The number of para-hydroxylation sites is 1. The standard InChI is InChI=1S/C18H14ClN5O3S2/c19-12-5-6-16-22-13(7-18(25)24(16)9-12)10-28-15-4-2-1-3-14(15)23-29(26,27)17-8-20-11-21-17/h1-9,11,23H,10H2,(H,20,21). The molecule has 0 atom stereocenters. The molecule has 0 saturated heterocycles. The van der Waals surface area contributed by atoms with Crippen LogP contribution >= 0.6 is 23.4 Å². The second-order valence-electron chi connectivity index (χ2n) is 5.97. The van der Waals surface area contributed by atoms with Gasteiger partial charge in [0.25, 0.3) is 15.6 Å². The molecule has 0 amide bonds. The number of pyridine rings is 1. The summed E-state index contributed by atoms with van der Waals surface area (Å²) in [7, 11) is -3.78. The first-order valence-corrected chi connectivity index (χ1v) is 11.2. The van der Waals surface area contributed by atoms with Crippen molar-refractivity contribution < 1.29 is 8.42 Å². The number of thioether (sulfide) groups is 1. The molecule has 148 valence electrons. The van der Waals surface area contributed by atoms with Gasteiger partial charge in [-0.05, 0) is 24.3 Å². The molecule has 0 spiro atoms. The quantitative estimate of drug-likeness (QED) is 0.439. The van der Waals surface area contributed by atoms with Gasteiger partial charge in [-0.15, -0.1) is 11.8 Å². The first kappa shape index (κ1) is 19.5. The lowest BCUT2D eigenvalue weighted by atomic mass is 10.3. The lowest BCUT2D eigenvalue weighted by Crippen LogP contribution is -2.15. The van der Waals surface area contributed by atoms with Crippen molar-refractivity contribution in [2.45, 2.75) is 15.7 Å². The lowest BCUT2D eigenvalue weighted by molar-refractivity contribution is 0.598. The molecule has 0 radical (unpaired) electrons. The largest absolute Gasteiger partial charge is 0.334 e. The van der Waals surface area contributed by atoms with Crippen molar-refractivity contribution in [3.8, 4) is 0 Å². The number of benzene rings is 1. The van der Waals surface area contributed by atoms with E-state index in [1.807, 2.05) is 0 Å². The zero-order chi connectivity index (χ0) is 20.4. The highest BCUT2D eigenvalue weighted by Crippen LogP contribution is 2.30. The van der Waals surface area contributed by atoms with Crippen molar-refractivity contribution in [3.05, 3.63) is 82.3 Å². The normalized spacial score (nSPS) is 11.6. The molecular formula is C18H14ClN5O3S2. The molecule has 0 saturated carbocycles. The molecule has 11 heteroatoms. The van der Waals surface area contributed by atoms with E-state index in [1.165, 1.54) is 40.9 Å². The third kappa shape index (κ3) is 4.29. The van der Waals surface area contributed by atoms with Gasteiger partial charge in [0.15, 0.2) is 5.03 Å². The van der Waals surface area contributed by atoms with E-state index >= 15 is 0 Å². The number of aromatic nitrogens is 4. The van der Waals surface area contributed by atoms with Gasteiger partial charge >= 0.3 is 0 Å². The minimum atomic E-state index is -3.78. The van der Waals surface area contributed by atoms with Crippen LogP contribution in [-0.4, -0.2) is 27.8 Å². The molecule has 2 N–H and O–H groups in total. The maximum absolute atomic E-state index is 12.4. The molecule has 8 nitrogen and oxygen atoms in total. The second kappa shape index (κ2) is 7.90. The highest BCUT2D eigenvalue weighted by molar-refractivity contribution is 7.98. The highest BCUT2D eigenvalue weighted by atomic mass is 35.5. The average molecular weight is 448 g/mol. The smallest absolute Gasteiger partial charge is 0.279 e. The van der Waals surface area contributed by atoms with Gasteiger partial charge in [0.2, 0.25) is 0 Å². The van der Waals surface area contributed by atoms with Crippen molar-refractivity contribution in [2.75, 3.05) is 4.72 Å². The lowest BCUT2D eigenvalue weighted by Gasteiger charge is -2.11. The van der Waals surface area contributed by atoms with Crippen LogP contribution in [0.2, 0.25) is 5.02 Å². The number of aromatic amines is 1. The Bertz CT molecular complexity index is 1340. The molecule has 0 aliphatic carbocycles. The average Bonchev–Trinajstić information content (AvgIpc) is 3.24. The van der Waals surface area contributed by atoms with Crippen molar-refractivity contribution >= 4 is 44.7 Å². The summed E-state index contributed by atoms with van der Waals surface area (Å²) >= 11 is 7.29. The second-order valence-corrected chi connectivity index (χ2v) is 9.07. The Morgan fingerprint density at radius 3 is 2.83 bits per heavy atom. The molecule has 29 heavy (non-hydrogen) atoms. The van der Waals surface area contributed by atoms with Gasteiger partial charge in [-0.3, -0.25) is 13.9 Å². The Kier molecular flexibility index (Phi) is 5.31. The summed E-state index contributed by atoms with van der Waals surface area (Å²) in [5.74, 6) is 0.386. The first-order valence-electron chi connectivity index (χ1n) is 8.33. The number of imidazole rings is 1. The molecular weight excluding hydrogens is 434 g/mol. The number of sulfonamides is 1. The number of rotatable bonds is 6. The number of hydrogen-bond acceptors (Lipinski definition) is 6. The van der Waals surface area contributed by atoms with Crippen molar-refractivity contribution in [3.63, 3.8) is 0 Å². The monoisotopic (exact) mass is 447 g/mol. The summed E-state index contributed by atoms with van der Waals surface area (Å²) < 4.78 is 28.8. The predicted molar refractivity (Wildman–Crippen MR) is 112 cm³/mol. The molecule has 0 aliphatic rings. The van der Waals surface area contributed by atoms with Crippen LogP contribution in [0.25, 0.3) is 5.65 Å². The third-order valence-electron chi connectivity index (χ3n) is 3.95. The van der Waals surface area contributed by atoms with E-state index in [2.05, 4.69) is 19.7 Å². The SMILES string of the molecule is O=c1cc(CSc2ccccc2NS(=O)(=O)c2cnc[nH]2)nc2ccc(Cl)cn12. The summed E-state index contributed by atoms with van der Waals surface area (Å²) in [6.45, 7) is 0. The summed E-state index contributed by atoms with van der Waals surface area (Å²) in [5, 5.41) is 0.419. The van der Waals surface area contributed by atoms with Crippen molar-refractivity contribution in [1.82, 2.24) is 19.4 Å². The minimum Gasteiger partial charge on any atom is -0.334 e. The van der Waals surface area contributed by atoms with Crippen LogP contribution in [0.1, 0.15) is 5.69 Å². The highest BCUT2D eigenvalue weighted by Gasteiger charge is 2.17. The van der Waals surface area contributed by atoms with E-state index in [0.29, 0.717) is 32.7 Å². The Balaban J connectivity index is 1.58. The number of anilines is 1. The van der Waals surface area contributed by atoms with Gasteiger partial charge in [0.1, 0.15) is 5.65 Å². The van der Waals surface area contributed by atoms with E-state index in [9.17, 15) is 13.2 Å². The molecule has 4 rings (SSSR count). The summed E-state index contributed by atoms with van der Waals surface area (Å²) in [5.41, 5.74) is 1.26. The molecule has 0 unspecified atom stereocenters. The third-order valence-corrected chi connectivity index (χ3v) is 6.57. The van der Waals surface area contributed by atoms with E-state index in [1.54, 1.807) is 36.4 Å². The number of halogens is 1. The van der Waals surface area contributed by atoms with Crippen molar-refractivity contribution in [2.24, 2.45) is 0 Å². The molecule has 0 aliphatic heterocycles. The van der Waals surface area contributed by atoms with Crippen LogP contribution < -0.4 is 10.3 Å². The van der Waals surface area contributed by atoms with E-state index in [-0.39, 0.29) is 10.6 Å². The Morgan fingerprint density at radius 2 is 2.03 bits per heavy atom. The van der Waals surface area contributed by atoms with Gasteiger partial charge in [-0.2, -0.15) is 8.42 Å². The summed E-state index contributed by atoms with van der Waals surface area (Å²) in [4.78, 5) is 23.8. The molecule has 4 aromatic rings. The molecule has 3 heterocycles. The minimum absolute atomic E-state index is 0.0276. The van der Waals surface area contributed by atoms with Crippen LogP contribution in [0.3, 0.4) is 0 Å². The van der Waals surface area contributed by atoms with Gasteiger partial charge in [-0.25, -0.2) is 9.97 Å². The van der Waals surface area contributed by atoms with Gasteiger partial charge in [0.05, 0.1) is 28.9 Å². The van der Waals surface area contributed by atoms with E-state index in [0.717, 1.165) is 0 Å². The fraction of sp³-hybridized carbons (Fsp3) is 0.0556. The van der Waals surface area contributed by atoms with Gasteiger partial charge in [0, 0.05) is 22.9 Å². The fourth-order valence-electron chi connectivity index (χ4n) is 2.62. The molecule has 1 aromatic carbocycles. The number of hydrogen-bond donors (Lipinski definition) is 2. The topological polar surface area (TPSA) is 109 Å². The van der Waals surface area contributed by atoms with Crippen LogP contribution in [0.4, 0.5) is 5.69 Å². The Morgan fingerprint density at radius 1 is 1.21 bits per heavy atom. The number of H-pyrrole nitrogens is 1. The maximum Gasteiger partial charge on any atom is 0.279 e.